The molecule has 0 aliphatic rings. The molecular weight excluding hydrogens is 324 g/mol. The Hall–Kier alpha value is -0.920. The zero-order valence-corrected chi connectivity index (χ0v) is 13.8. The van der Waals surface area contributed by atoms with Crippen LogP contribution >= 0.6 is 15.9 Å². The van der Waals surface area contributed by atoms with Gasteiger partial charge in [-0.2, -0.15) is 5.10 Å². The summed E-state index contributed by atoms with van der Waals surface area (Å²) in [6.45, 7) is 5.67. The van der Waals surface area contributed by atoms with Gasteiger partial charge >= 0.3 is 0 Å². The van der Waals surface area contributed by atoms with Crippen molar-refractivity contribution in [2.45, 2.75) is 32.9 Å². The molecule has 20 heavy (non-hydrogen) atoms. The lowest BCUT2D eigenvalue weighted by Crippen LogP contribution is -2.32. The Morgan fingerprint density at radius 2 is 2.25 bits per heavy atom. The van der Waals surface area contributed by atoms with Crippen LogP contribution in [0.15, 0.2) is 15.5 Å². The molecule has 0 saturated carbocycles. The number of nitrogens with zero attached hydrogens (tertiary/aromatic N) is 2. The van der Waals surface area contributed by atoms with Crippen molar-refractivity contribution >= 4 is 21.6 Å². The second-order valence-corrected chi connectivity index (χ2v) is 5.89. The molecule has 0 aromatic carbocycles. The first kappa shape index (κ1) is 17.1. The SMILES string of the molecule is COCCn1ncc(NC(CN)CC(C)C)c(Br)c1=O. The molecule has 114 valence electrons. The fourth-order valence-electron chi connectivity index (χ4n) is 1.91. The van der Waals surface area contributed by atoms with Gasteiger partial charge in [-0.25, -0.2) is 4.68 Å². The van der Waals surface area contributed by atoms with Crippen LogP contribution in [-0.4, -0.2) is 36.1 Å². The summed E-state index contributed by atoms with van der Waals surface area (Å²) >= 11 is 3.33. The Morgan fingerprint density at radius 3 is 2.80 bits per heavy atom. The van der Waals surface area contributed by atoms with Crippen LogP contribution in [0.3, 0.4) is 0 Å². The number of methoxy groups -OCH3 is 1. The average molecular weight is 347 g/mol. The summed E-state index contributed by atoms with van der Waals surface area (Å²) in [5.74, 6) is 0.532. The van der Waals surface area contributed by atoms with Gasteiger partial charge in [-0.3, -0.25) is 4.79 Å². The van der Waals surface area contributed by atoms with Crippen LogP contribution in [0, 0.1) is 5.92 Å². The van der Waals surface area contributed by atoms with Crippen molar-refractivity contribution in [2.75, 3.05) is 25.6 Å². The normalized spacial score (nSPS) is 12.7. The van der Waals surface area contributed by atoms with Crippen LogP contribution in [0.4, 0.5) is 5.69 Å². The van der Waals surface area contributed by atoms with Gasteiger partial charge in [0, 0.05) is 19.7 Å². The van der Waals surface area contributed by atoms with E-state index < -0.39 is 0 Å². The van der Waals surface area contributed by atoms with Crippen LogP contribution in [0.5, 0.6) is 0 Å². The fraction of sp³-hybridized carbons (Fsp3) is 0.692. The molecule has 0 fully saturated rings. The molecule has 1 aromatic heterocycles. The smallest absolute Gasteiger partial charge is 0.283 e. The largest absolute Gasteiger partial charge is 0.383 e. The van der Waals surface area contributed by atoms with Gasteiger partial charge < -0.3 is 15.8 Å². The molecule has 1 unspecified atom stereocenters. The van der Waals surface area contributed by atoms with Crippen molar-refractivity contribution < 1.29 is 4.74 Å². The Balaban J connectivity index is 2.86. The summed E-state index contributed by atoms with van der Waals surface area (Å²) in [7, 11) is 1.59. The zero-order chi connectivity index (χ0) is 15.1. The standard InChI is InChI=1S/C13H23BrN4O2/c1-9(2)6-10(7-15)17-11-8-16-18(4-5-20-3)13(19)12(11)14/h8-10,17H,4-7,15H2,1-3H3. The summed E-state index contributed by atoms with van der Waals surface area (Å²) in [6.07, 6.45) is 2.58. The number of anilines is 1. The van der Waals surface area contributed by atoms with Gasteiger partial charge in [0.15, 0.2) is 0 Å². The lowest BCUT2D eigenvalue weighted by molar-refractivity contribution is 0.181. The van der Waals surface area contributed by atoms with Crippen LogP contribution in [0.2, 0.25) is 0 Å². The summed E-state index contributed by atoms with van der Waals surface area (Å²) in [5, 5.41) is 7.41. The molecule has 0 aliphatic heterocycles. The number of halogens is 1. The molecule has 1 atom stereocenters. The minimum Gasteiger partial charge on any atom is -0.383 e. The highest BCUT2D eigenvalue weighted by atomic mass is 79.9. The molecule has 1 heterocycles. The number of hydrogen-bond acceptors (Lipinski definition) is 5. The summed E-state index contributed by atoms with van der Waals surface area (Å²) < 4.78 is 6.80. The maximum Gasteiger partial charge on any atom is 0.283 e. The van der Waals surface area contributed by atoms with Crippen LogP contribution < -0.4 is 16.6 Å². The molecular formula is C13H23BrN4O2. The van der Waals surface area contributed by atoms with Crippen molar-refractivity contribution in [3.05, 3.63) is 21.0 Å². The molecule has 0 radical (unpaired) electrons. The quantitative estimate of drug-likeness (QED) is 0.744. The third-order valence-electron chi connectivity index (χ3n) is 2.89. The predicted molar refractivity (Wildman–Crippen MR) is 84.0 cm³/mol. The van der Waals surface area contributed by atoms with E-state index in [-0.39, 0.29) is 11.6 Å². The van der Waals surface area contributed by atoms with Crippen molar-refractivity contribution in [1.82, 2.24) is 9.78 Å². The molecule has 0 bridgehead atoms. The van der Waals surface area contributed by atoms with E-state index in [4.69, 9.17) is 10.5 Å². The monoisotopic (exact) mass is 346 g/mol. The maximum absolute atomic E-state index is 12.1. The average Bonchev–Trinajstić information content (AvgIpc) is 2.41. The van der Waals surface area contributed by atoms with E-state index in [2.05, 4.69) is 40.2 Å². The van der Waals surface area contributed by atoms with E-state index in [1.807, 2.05) is 0 Å². The lowest BCUT2D eigenvalue weighted by atomic mass is 10.0. The zero-order valence-electron chi connectivity index (χ0n) is 12.2. The molecule has 7 heteroatoms. The van der Waals surface area contributed by atoms with Crippen molar-refractivity contribution in [2.24, 2.45) is 11.7 Å². The van der Waals surface area contributed by atoms with Crippen molar-refractivity contribution in [1.29, 1.82) is 0 Å². The Labute approximate surface area is 127 Å². The molecule has 1 aromatic rings. The summed E-state index contributed by atoms with van der Waals surface area (Å²) in [4.78, 5) is 12.1. The number of nitrogens with two attached hydrogens (primary N) is 1. The van der Waals surface area contributed by atoms with Gasteiger partial charge in [0.2, 0.25) is 0 Å². The van der Waals surface area contributed by atoms with Gasteiger partial charge in [-0.15, -0.1) is 0 Å². The number of hydrogen-bond donors (Lipinski definition) is 2. The molecule has 0 spiro atoms. The second kappa shape index (κ2) is 8.39. The summed E-state index contributed by atoms with van der Waals surface area (Å²) in [5.41, 5.74) is 6.26. The van der Waals surface area contributed by atoms with Crippen molar-refractivity contribution in [3.8, 4) is 0 Å². The maximum atomic E-state index is 12.1. The minimum atomic E-state index is -0.174. The van der Waals surface area contributed by atoms with Crippen LogP contribution in [0.25, 0.3) is 0 Å². The third-order valence-corrected chi connectivity index (χ3v) is 3.66. The van der Waals surface area contributed by atoms with Gasteiger partial charge in [0.1, 0.15) is 4.47 Å². The van der Waals surface area contributed by atoms with E-state index in [0.29, 0.717) is 35.8 Å². The molecule has 0 saturated heterocycles. The first-order chi connectivity index (χ1) is 9.49. The predicted octanol–water partition coefficient (Wildman–Crippen LogP) is 1.44. The number of aromatic nitrogens is 2. The first-order valence-corrected chi connectivity index (χ1v) is 7.50. The topological polar surface area (TPSA) is 82.2 Å². The van der Waals surface area contributed by atoms with E-state index in [9.17, 15) is 4.79 Å². The van der Waals surface area contributed by atoms with Gasteiger partial charge in [-0.1, -0.05) is 13.8 Å². The summed E-state index contributed by atoms with van der Waals surface area (Å²) in [6, 6.07) is 0.127. The first-order valence-electron chi connectivity index (χ1n) is 6.70. The van der Waals surface area contributed by atoms with Crippen molar-refractivity contribution in [3.63, 3.8) is 0 Å². The van der Waals surface area contributed by atoms with E-state index in [1.54, 1.807) is 13.3 Å². The van der Waals surface area contributed by atoms with Gasteiger partial charge in [0.25, 0.3) is 5.56 Å². The number of rotatable bonds is 8. The highest BCUT2D eigenvalue weighted by molar-refractivity contribution is 9.10. The second-order valence-electron chi connectivity index (χ2n) is 5.10. The molecule has 0 amide bonds. The minimum absolute atomic E-state index is 0.127. The Bertz CT molecular complexity index is 476. The van der Waals surface area contributed by atoms with E-state index >= 15 is 0 Å². The third kappa shape index (κ3) is 4.88. The van der Waals surface area contributed by atoms with Gasteiger partial charge in [0.05, 0.1) is 25.0 Å². The Morgan fingerprint density at radius 1 is 1.55 bits per heavy atom. The number of ether oxygens (including phenoxy) is 1. The Kier molecular flexibility index (Phi) is 7.18. The van der Waals surface area contributed by atoms with Gasteiger partial charge in [-0.05, 0) is 28.3 Å². The van der Waals surface area contributed by atoms with E-state index in [0.717, 1.165) is 6.42 Å². The lowest BCUT2D eigenvalue weighted by Gasteiger charge is -2.20. The molecule has 1 rings (SSSR count). The fourth-order valence-corrected chi connectivity index (χ4v) is 2.33. The van der Waals surface area contributed by atoms with Crippen LogP contribution in [0.1, 0.15) is 20.3 Å². The molecule has 6 nitrogen and oxygen atoms in total. The van der Waals surface area contributed by atoms with E-state index in [1.165, 1.54) is 4.68 Å². The highest BCUT2D eigenvalue weighted by Gasteiger charge is 2.14. The van der Waals surface area contributed by atoms with Crippen LogP contribution in [-0.2, 0) is 11.3 Å². The molecule has 0 aliphatic carbocycles. The highest BCUT2D eigenvalue weighted by Crippen LogP contribution is 2.18. The molecule has 3 N–H and O–H groups in total. The number of nitrogens with one attached hydrogen (secondary N) is 1.